The number of hydrogen-bond acceptors (Lipinski definition) is 10. The van der Waals surface area contributed by atoms with E-state index in [1.807, 2.05) is 13.8 Å². The summed E-state index contributed by atoms with van der Waals surface area (Å²) in [4.78, 5) is 35.6. The van der Waals surface area contributed by atoms with Gasteiger partial charge in [0.05, 0.1) is 15.5 Å². The quantitative estimate of drug-likeness (QED) is 0.0476. The van der Waals surface area contributed by atoms with Gasteiger partial charge < -0.3 is 29.0 Å². The minimum Gasteiger partial charge on any atom is -0.379 e. The fourth-order valence-corrected chi connectivity index (χ4v) is 7.88. The normalized spacial score (nSPS) is 28.0. The minimum atomic E-state index is -5.54. The van der Waals surface area contributed by atoms with Crippen molar-refractivity contribution in [2.75, 3.05) is 12.5 Å². The molecule has 0 bridgehead atoms. The molecule has 0 aliphatic carbocycles. The highest BCUT2D eigenvalue weighted by Crippen LogP contribution is 2.66. The molecule has 1 saturated heterocycles. The van der Waals surface area contributed by atoms with Crippen LogP contribution in [-0.4, -0.2) is 60.9 Å². The van der Waals surface area contributed by atoms with E-state index in [2.05, 4.69) is 35.7 Å². The molecule has 19 heteroatoms. The van der Waals surface area contributed by atoms with Crippen molar-refractivity contribution in [1.82, 2.24) is 0 Å². The zero-order valence-electron chi connectivity index (χ0n) is 14.9. The first-order valence-corrected chi connectivity index (χ1v) is 15.4. The summed E-state index contributed by atoms with van der Waals surface area (Å²) in [5.74, 6) is 0.337. The SMILES string of the molecule is B[C@H]1CC(OCSSC(C)(C)I)[C@@H](COP(=O)(O)OP(=O)(O)OP(=O)(O)O)O1. The lowest BCUT2D eigenvalue weighted by molar-refractivity contribution is -0.0237. The van der Waals surface area contributed by atoms with Crippen molar-refractivity contribution >= 4 is 75.5 Å². The third kappa shape index (κ3) is 12.6. The number of halogens is 1. The molecule has 1 aliphatic heterocycles. The molecular formula is C9H21BIO12P3S2. The van der Waals surface area contributed by atoms with Crippen LogP contribution in [0.15, 0.2) is 0 Å². The summed E-state index contributed by atoms with van der Waals surface area (Å²) in [7, 11) is -11.3. The Kier molecular flexibility index (Phi) is 11.1. The van der Waals surface area contributed by atoms with Crippen molar-refractivity contribution in [2.45, 2.75) is 41.2 Å². The maximum absolute atomic E-state index is 11.8. The van der Waals surface area contributed by atoms with Crippen LogP contribution in [0.25, 0.3) is 0 Å². The average Bonchev–Trinajstić information content (AvgIpc) is 2.76. The molecule has 28 heavy (non-hydrogen) atoms. The number of rotatable bonds is 12. The van der Waals surface area contributed by atoms with Gasteiger partial charge in [-0.2, -0.15) is 8.62 Å². The Morgan fingerprint density at radius 3 is 2.32 bits per heavy atom. The van der Waals surface area contributed by atoms with E-state index in [0.29, 0.717) is 12.4 Å². The molecule has 0 radical (unpaired) electrons. The second-order valence-electron chi connectivity index (χ2n) is 6.00. The van der Waals surface area contributed by atoms with E-state index in [0.717, 1.165) is 0 Å². The summed E-state index contributed by atoms with van der Waals surface area (Å²) in [6.45, 7) is 3.56. The van der Waals surface area contributed by atoms with Crippen molar-refractivity contribution in [3.8, 4) is 0 Å². The van der Waals surface area contributed by atoms with E-state index in [1.54, 1.807) is 18.6 Å². The highest BCUT2D eigenvalue weighted by molar-refractivity contribution is 14.1. The molecular weight excluding hydrogens is 595 g/mol. The Morgan fingerprint density at radius 2 is 1.79 bits per heavy atom. The first kappa shape index (κ1) is 27.9. The molecule has 166 valence electrons. The maximum atomic E-state index is 11.8. The molecule has 12 nitrogen and oxygen atoms in total. The second-order valence-corrected chi connectivity index (χ2v) is 16.7. The van der Waals surface area contributed by atoms with Crippen LogP contribution in [0.4, 0.5) is 0 Å². The molecule has 3 unspecified atom stereocenters. The number of ether oxygens (including phenoxy) is 2. The Morgan fingerprint density at radius 1 is 1.18 bits per heavy atom. The van der Waals surface area contributed by atoms with E-state index < -0.39 is 42.3 Å². The average molecular weight is 616 g/mol. The Labute approximate surface area is 184 Å². The molecule has 0 aromatic rings. The van der Waals surface area contributed by atoms with Crippen LogP contribution in [0.5, 0.6) is 0 Å². The van der Waals surface area contributed by atoms with Crippen molar-refractivity contribution in [1.29, 1.82) is 0 Å². The van der Waals surface area contributed by atoms with Crippen molar-refractivity contribution in [3.63, 3.8) is 0 Å². The third-order valence-electron chi connectivity index (χ3n) is 2.79. The summed E-state index contributed by atoms with van der Waals surface area (Å²) in [5.41, 5.74) is 0. The highest BCUT2D eigenvalue weighted by Gasteiger charge is 2.42. The van der Waals surface area contributed by atoms with Gasteiger partial charge in [-0.05, 0) is 20.3 Å². The minimum absolute atomic E-state index is 0.0159. The fourth-order valence-electron chi connectivity index (χ4n) is 1.99. The van der Waals surface area contributed by atoms with Crippen LogP contribution < -0.4 is 0 Å². The summed E-state index contributed by atoms with van der Waals surface area (Å²) < 4.78 is 56.9. The van der Waals surface area contributed by atoms with Gasteiger partial charge in [-0.1, -0.05) is 44.2 Å². The van der Waals surface area contributed by atoms with E-state index in [1.165, 1.54) is 10.8 Å². The molecule has 0 aromatic carbocycles. The lowest BCUT2D eigenvalue weighted by Crippen LogP contribution is -2.29. The zero-order chi connectivity index (χ0) is 21.8. The summed E-state index contributed by atoms with van der Waals surface area (Å²) in [6, 6.07) is -0.210. The summed E-state index contributed by atoms with van der Waals surface area (Å²) >= 11 is 2.28. The molecule has 5 atom stereocenters. The molecule has 0 amide bonds. The number of alkyl halides is 1. The van der Waals surface area contributed by atoms with Gasteiger partial charge in [0.15, 0.2) is 0 Å². The number of phosphoric acid groups is 3. The van der Waals surface area contributed by atoms with Crippen LogP contribution in [0.2, 0.25) is 0 Å². The smallest absolute Gasteiger partial charge is 0.379 e. The van der Waals surface area contributed by atoms with Gasteiger partial charge >= 0.3 is 23.5 Å². The zero-order valence-corrected chi connectivity index (χ0v) is 21.4. The Balaban J connectivity index is 2.54. The van der Waals surface area contributed by atoms with Gasteiger partial charge in [0.1, 0.15) is 19.9 Å². The Hall–Kier alpha value is 1.82. The van der Waals surface area contributed by atoms with Crippen molar-refractivity contribution in [3.05, 3.63) is 0 Å². The topological polar surface area (TPSA) is 178 Å². The van der Waals surface area contributed by atoms with E-state index in [9.17, 15) is 18.6 Å². The predicted octanol–water partition coefficient (Wildman–Crippen LogP) is 1.97. The highest BCUT2D eigenvalue weighted by atomic mass is 127. The second kappa shape index (κ2) is 11.1. The molecule has 1 rings (SSSR count). The van der Waals surface area contributed by atoms with Crippen LogP contribution >= 0.6 is 67.6 Å². The van der Waals surface area contributed by atoms with Crippen molar-refractivity contribution < 1.29 is 55.9 Å². The van der Waals surface area contributed by atoms with Crippen LogP contribution in [0.3, 0.4) is 0 Å². The first-order valence-electron chi connectivity index (χ1n) is 7.53. The van der Waals surface area contributed by atoms with Gasteiger partial charge in [0.25, 0.3) is 0 Å². The molecule has 0 spiro atoms. The van der Waals surface area contributed by atoms with Crippen LogP contribution in [-0.2, 0) is 36.3 Å². The number of phosphoric ester groups is 1. The van der Waals surface area contributed by atoms with Gasteiger partial charge in [0, 0.05) is 6.00 Å². The third-order valence-corrected chi connectivity index (χ3v) is 10.8. The molecule has 1 fully saturated rings. The molecule has 4 N–H and O–H groups in total. The molecule has 0 saturated carbocycles. The van der Waals surface area contributed by atoms with Gasteiger partial charge in [-0.3, -0.25) is 4.52 Å². The van der Waals surface area contributed by atoms with E-state index in [-0.39, 0.29) is 8.76 Å². The van der Waals surface area contributed by atoms with Crippen LogP contribution in [0, 0.1) is 0 Å². The Bertz CT molecular complexity index is 659. The largest absolute Gasteiger partial charge is 0.490 e. The summed E-state index contributed by atoms with van der Waals surface area (Å²) in [5, 5.41) is 0. The lowest BCUT2D eigenvalue weighted by Gasteiger charge is -2.21. The maximum Gasteiger partial charge on any atom is 0.490 e. The predicted molar refractivity (Wildman–Crippen MR) is 115 cm³/mol. The van der Waals surface area contributed by atoms with E-state index >= 15 is 0 Å². The summed E-state index contributed by atoms with van der Waals surface area (Å²) in [6.07, 6.45) is -0.700. The van der Waals surface area contributed by atoms with Gasteiger partial charge in [-0.15, -0.1) is 0 Å². The molecule has 0 aromatic heterocycles. The van der Waals surface area contributed by atoms with Gasteiger partial charge in [-0.25, -0.2) is 13.7 Å². The monoisotopic (exact) mass is 616 g/mol. The van der Waals surface area contributed by atoms with E-state index in [4.69, 9.17) is 24.2 Å². The van der Waals surface area contributed by atoms with Gasteiger partial charge in [0.2, 0.25) is 0 Å². The molecule has 1 aliphatic rings. The number of hydrogen-bond donors (Lipinski definition) is 4. The fraction of sp³-hybridized carbons (Fsp3) is 1.00. The lowest BCUT2D eigenvalue weighted by atomic mass is 9.96. The molecule has 1 heterocycles. The van der Waals surface area contributed by atoms with Crippen molar-refractivity contribution in [2.24, 2.45) is 0 Å². The standard InChI is InChI=1S/C9H21BIO12P3S2/c1-9(2,11)28-27-5-19-6-3-8(10)21-7(6)4-20-25(15,16)23-26(17,18)22-24(12,13)14/h6-8H,3-5,10H2,1-2H3,(H,15,16)(H,17,18)(H2,12,13,14)/t6?,7-,8-/m1/s1. The first-order chi connectivity index (χ1) is 12.5. The van der Waals surface area contributed by atoms with Crippen LogP contribution in [0.1, 0.15) is 20.3 Å².